The molecule has 3 nitrogen and oxygen atoms in total. The number of nitrogens with one attached hydrogen (secondary N) is 1. The summed E-state index contributed by atoms with van der Waals surface area (Å²) < 4.78 is 1.13. The molecule has 0 atom stereocenters. The minimum Gasteiger partial charge on any atom is -0.321 e. The minimum atomic E-state index is -0.0609. The number of aromatic nitrogens is 1. The van der Waals surface area contributed by atoms with E-state index in [0.717, 1.165) is 20.5 Å². The number of benzene rings is 1. The molecule has 0 saturated carbocycles. The van der Waals surface area contributed by atoms with Gasteiger partial charge in [0.1, 0.15) is 0 Å². The molecule has 1 aromatic carbocycles. The van der Waals surface area contributed by atoms with Crippen molar-refractivity contribution in [3.8, 4) is 0 Å². The van der Waals surface area contributed by atoms with Crippen molar-refractivity contribution < 1.29 is 4.79 Å². The summed E-state index contributed by atoms with van der Waals surface area (Å²) in [6.07, 6.45) is 3.60. The fourth-order valence-electron chi connectivity index (χ4n) is 2.40. The van der Waals surface area contributed by atoms with Gasteiger partial charge in [-0.2, -0.15) is 0 Å². The van der Waals surface area contributed by atoms with E-state index in [9.17, 15) is 4.79 Å². The predicted octanol–water partition coefficient (Wildman–Crippen LogP) is 5.99. The lowest BCUT2D eigenvalue weighted by molar-refractivity contribution is 0.103. The maximum Gasteiger partial charge on any atom is 0.265 e. The van der Waals surface area contributed by atoms with Crippen LogP contribution in [0.5, 0.6) is 0 Å². The maximum absolute atomic E-state index is 12.5. The second-order valence-electron chi connectivity index (χ2n) is 7.04. The van der Waals surface area contributed by atoms with E-state index in [4.69, 9.17) is 0 Å². The van der Waals surface area contributed by atoms with Gasteiger partial charge in [-0.15, -0.1) is 23.1 Å². The molecule has 1 N–H and O–H groups in total. The molecular weight excluding hydrogens is 360 g/mol. The number of hydrogen-bond acceptors (Lipinski definition) is 4. The van der Waals surface area contributed by atoms with Crippen LogP contribution in [0.15, 0.2) is 65.1 Å². The number of thioether (sulfide) groups is 1. The van der Waals surface area contributed by atoms with Gasteiger partial charge in [-0.1, -0.05) is 32.9 Å². The molecule has 0 fully saturated rings. The summed E-state index contributed by atoms with van der Waals surface area (Å²) in [6, 6.07) is 16.0. The number of rotatable bonds is 5. The van der Waals surface area contributed by atoms with Crippen molar-refractivity contribution in [2.75, 3.05) is 5.32 Å². The third kappa shape index (κ3) is 4.96. The molecule has 5 heteroatoms. The number of pyridine rings is 1. The molecule has 1 amide bonds. The lowest BCUT2D eigenvalue weighted by Crippen LogP contribution is -2.12. The SMILES string of the molecule is CC(C)(C)c1ccc(NC(=O)c2ccc(SCc3ccncc3)s2)cc1. The van der Waals surface area contributed by atoms with Crippen molar-refractivity contribution in [1.82, 2.24) is 4.98 Å². The first-order valence-corrected chi connectivity index (χ1v) is 10.3. The molecule has 0 bridgehead atoms. The van der Waals surface area contributed by atoms with Crippen molar-refractivity contribution in [3.05, 3.63) is 76.9 Å². The van der Waals surface area contributed by atoms with E-state index in [1.54, 1.807) is 24.2 Å². The van der Waals surface area contributed by atoms with Crippen LogP contribution in [0.4, 0.5) is 5.69 Å². The summed E-state index contributed by atoms with van der Waals surface area (Å²) >= 11 is 3.26. The molecule has 0 radical (unpaired) electrons. The Morgan fingerprint density at radius 2 is 1.73 bits per heavy atom. The van der Waals surface area contributed by atoms with E-state index in [1.165, 1.54) is 22.5 Å². The normalized spacial score (nSPS) is 11.3. The monoisotopic (exact) mass is 382 g/mol. The zero-order valence-electron chi connectivity index (χ0n) is 15.2. The van der Waals surface area contributed by atoms with Crippen molar-refractivity contribution >= 4 is 34.7 Å². The molecule has 0 spiro atoms. The summed E-state index contributed by atoms with van der Waals surface area (Å²) in [5.74, 6) is 0.813. The van der Waals surface area contributed by atoms with E-state index < -0.39 is 0 Å². The summed E-state index contributed by atoms with van der Waals surface area (Å²) in [6.45, 7) is 6.53. The van der Waals surface area contributed by atoms with Gasteiger partial charge in [0.2, 0.25) is 0 Å². The molecule has 3 aromatic rings. The second-order valence-corrected chi connectivity index (χ2v) is 9.40. The molecule has 0 unspecified atom stereocenters. The highest BCUT2D eigenvalue weighted by atomic mass is 32.2. The molecule has 0 aliphatic heterocycles. The molecule has 3 rings (SSSR count). The Kier molecular flexibility index (Phi) is 5.79. The van der Waals surface area contributed by atoms with Gasteiger partial charge in [-0.3, -0.25) is 9.78 Å². The molecule has 0 aliphatic rings. The van der Waals surface area contributed by atoms with Gasteiger partial charge in [0.25, 0.3) is 5.91 Å². The van der Waals surface area contributed by atoms with Crippen LogP contribution in [0.2, 0.25) is 0 Å². The zero-order chi connectivity index (χ0) is 18.6. The number of anilines is 1. The van der Waals surface area contributed by atoms with Crippen LogP contribution in [-0.4, -0.2) is 10.9 Å². The van der Waals surface area contributed by atoms with E-state index in [1.807, 2.05) is 36.4 Å². The van der Waals surface area contributed by atoms with E-state index in [-0.39, 0.29) is 11.3 Å². The fourth-order valence-corrected chi connectivity index (χ4v) is 4.38. The Morgan fingerprint density at radius 1 is 1.04 bits per heavy atom. The van der Waals surface area contributed by atoms with Crippen LogP contribution in [0, 0.1) is 0 Å². The molecule has 2 aromatic heterocycles. The molecule has 134 valence electrons. The van der Waals surface area contributed by atoms with E-state index in [2.05, 4.69) is 43.2 Å². The van der Waals surface area contributed by atoms with Gasteiger partial charge in [0.05, 0.1) is 9.09 Å². The van der Waals surface area contributed by atoms with Crippen LogP contribution < -0.4 is 5.32 Å². The summed E-state index contributed by atoms with van der Waals surface area (Å²) in [5.41, 5.74) is 3.41. The Morgan fingerprint density at radius 3 is 2.38 bits per heavy atom. The highest BCUT2D eigenvalue weighted by Crippen LogP contribution is 2.30. The van der Waals surface area contributed by atoms with Crippen LogP contribution in [0.25, 0.3) is 0 Å². The molecule has 26 heavy (non-hydrogen) atoms. The number of carbonyl (C=O) groups is 1. The third-order valence-corrected chi connectivity index (χ3v) is 6.32. The Labute approximate surface area is 162 Å². The molecule has 0 saturated heterocycles. The van der Waals surface area contributed by atoms with Crippen LogP contribution >= 0.6 is 23.1 Å². The number of hydrogen-bond donors (Lipinski definition) is 1. The Hall–Kier alpha value is -2.11. The second kappa shape index (κ2) is 8.06. The summed E-state index contributed by atoms with van der Waals surface area (Å²) in [7, 11) is 0. The fraction of sp³-hybridized carbons (Fsp3) is 0.238. The third-order valence-electron chi connectivity index (χ3n) is 3.94. The van der Waals surface area contributed by atoms with Gasteiger partial charge in [-0.25, -0.2) is 0 Å². The largest absolute Gasteiger partial charge is 0.321 e. The van der Waals surface area contributed by atoms with Crippen LogP contribution in [0.3, 0.4) is 0 Å². The van der Waals surface area contributed by atoms with Crippen molar-refractivity contribution in [1.29, 1.82) is 0 Å². The number of carbonyl (C=O) groups excluding carboxylic acids is 1. The van der Waals surface area contributed by atoms with E-state index in [0.29, 0.717) is 0 Å². The predicted molar refractivity (Wildman–Crippen MR) is 111 cm³/mol. The van der Waals surface area contributed by atoms with Gasteiger partial charge < -0.3 is 5.32 Å². The minimum absolute atomic E-state index is 0.0609. The van der Waals surface area contributed by atoms with Crippen molar-refractivity contribution in [3.63, 3.8) is 0 Å². The average molecular weight is 383 g/mol. The Bertz CT molecular complexity index is 865. The van der Waals surface area contributed by atoms with Crippen molar-refractivity contribution in [2.24, 2.45) is 0 Å². The quantitative estimate of drug-likeness (QED) is 0.552. The van der Waals surface area contributed by atoms with Crippen LogP contribution in [-0.2, 0) is 11.2 Å². The van der Waals surface area contributed by atoms with Gasteiger partial charge in [0.15, 0.2) is 0 Å². The van der Waals surface area contributed by atoms with Gasteiger partial charge in [-0.05, 0) is 52.9 Å². The topological polar surface area (TPSA) is 42.0 Å². The lowest BCUT2D eigenvalue weighted by atomic mass is 9.87. The van der Waals surface area contributed by atoms with Gasteiger partial charge in [0, 0.05) is 23.8 Å². The first-order chi connectivity index (χ1) is 12.4. The number of nitrogens with zero attached hydrogens (tertiary/aromatic N) is 1. The standard InChI is InChI=1S/C21H22N2OS2/c1-21(2,3)16-4-6-17(7-5-16)23-20(24)18-8-9-19(26-18)25-14-15-10-12-22-13-11-15/h4-13H,14H2,1-3H3,(H,23,24). The Balaban J connectivity index is 1.59. The molecular formula is C21H22N2OS2. The molecule has 2 heterocycles. The zero-order valence-corrected chi connectivity index (χ0v) is 16.8. The van der Waals surface area contributed by atoms with E-state index >= 15 is 0 Å². The van der Waals surface area contributed by atoms with Crippen LogP contribution in [0.1, 0.15) is 41.6 Å². The average Bonchev–Trinajstić information content (AvgIpc) is 3.10. The maximum atomic E-state index is 12.5. The summed E-state index contributed by atoms with van der Waals surface area (Å²) in [4.78, 5) is 17.2. The van der Waals surface area contributed by atoms with Gasteiger partial charge >= 0.3 is 0 Å². The smallest absolute Gasteiger partial charge is 0.265 e. The lowest BCUT2D eigenvalue weighted by Gasteiger charge is -2.19. The number of thiophene rings is 1. The molecule has 0 aliphatic carbocycles. The highest BCUT2D eigenvalue weighted by molar-refractivity contribution is 8.00. The summed E-state index contributed by atoms with van der Waals surface area (Å²) in [5, 5.41) is 2.98. The first-order valence-electron chi connectivity index (χ1n) is 8.45. The first kappa shape index (κ1) is 18.7. The number of amides is 1. The highest BCUT2D eigenvalue weighted by Gasteiger charge is 2.14. The van der Waals surface area contributed by atoms with Crippen molar-refractivity contribution in [2.45, 2.75) is 36.1 Å².